The molecule has 0 unspecified atom stereocenters. The van der Waals surface area contributed by atoms with E-state index >= 15 is 0 Å². The number of likely N-dealkylation sites (tertiary alicyclic amines) is 1. The molecule has 0 radical (unpaired) electrons. The van der Waals surface area contributed by atoms with E-state index in [9.17, 15) is 13.2 Å². The summed E-state index contributed by atoms with van der Waals surface area (Å²) < 4.78 is 29.4. The van der Waals surface area contributed by atoms with Gasteiger partial charge < -0.3 is 10.2 Å². The van der Waals surface area contributed by atoms with Crippen molar-refractivity contribution in [3.63, 3.8) is 0 Å². The van der Waals surface area contributed by atoms with E-state index in [2.05, 4.69) is 9.71 Å². The summed E-state index contributed by atoms with van der Waals surface area (Å²) in [5.74, 6) is 0.356. The van der Waals surface area contributed by atoms with Gasteiger partial charge in [-0.2, -0.15) is 8.42 Å². The highest BCUT2D eigenvalue weighted by atomic mass is 32.2. The highest BCUT2D eigenvalue weighted by Gasteiger charge is 2.19. The average molecular weight is 378 g/mol. The molecule has 1 heterocycles. The Hall–Kier alpha value is -2.15. The molecule has 26 heavy (non-hydrogen) atoms. The Morgan fingerprint density at radius 1 is 1.31 bits per heavy atom. The third kappa shape index (κ3) is 5.42. The molecule has 1 fully saturated rings. The molecule has 0 aromatic heterocycles. The van der Waals surface area contributed by atoms with E-state index in [1.165, 1.54) is 12.1 Å². The van der Waals surface area contributed by atoms with Crippen molar-refractivity contribution in [1.29, 1.82) is 0 Å². The summed E-state index contributed by atoms with van der Waals surface area (Å²) in [4.78, 5) is 14.1. The Morgan fingerprint density at radius 2 is 2.08 bits per heavy atom. The Kier molecular flexibility index (Phi) is 6.97. The number of benzene rings is 1. The summed E-state index contributed by atoms with van der Waals surface area (Å²) >= 11 is 0. The molecule has 1 amide bonds. The van der Waals surface area contributed by atoms with E-state index in [1.54, 1.807) is 19.1 Å². The van der Waals surface area contributed by atoms with E-state index in [-0.39, 0.29) is 10.8 Å². The van der Waals surface area contributed by atoms with Crippen LogP contribution >= 0.6 is 0 Å². The number of anilines is 1. The van der Waals surface area contributed by atoms with Gasteiger partial charge in [-0.05, 0) is 44.4 Å². The average Bonchev–Trinajstić information content (AvgIpc) is 2.79. The van der Waals surface area contributed by atoms with Crippen LogP contribution in [0.15, 0.2) is 45.2 Å². The first-order chi connectivity index (χ1) is 12.3. The lowest BCUT2D eigenvalue weighted by molar-refractivity contribution is -0.112. The Morgan fingerprint density at radius 3 is 2.81 bits per heavy atom. The largest absolute Gasteiger partial charge is 0.362 e. The third-order valence-electron chi connectivity index (χ3n) is 4.32. The highest BCUT2D eigenvalue weighted by Crippen LogP contribution is 2.20. The van der Waals surface area contributed by atoms with Crippen LogP contribution in [0, 0.1) is 0 Å². The van der Waals surface area contributed by atoms with Gasteiger partial charge in [0.1, 0.15) is 5.84 Å². The Bertz CT molecular complexity index is 813. The molecule has 1 aliphatic rings. The second kappa shape index (κ2) is 8.98. The molecular formula is C19H27N3O3S. The fourth-order valence-corrected chi connectivity index (χ4v) is 3.94. The number of amides is 1. The van der Waals surface area contributed by atoms with Crippen LogP contribution in [0.4, 0.5) is 5.69 Å². The summed E-state index contributed by atoms with van der Waals surface area (Å²) in [6, 6.07) is 6.23. The molecule has 1 aromatic carbocycles. The maximum absolute atomic E-state index is 12.7. The summed E-state index contributed by atoms with van der Waals surface area (Å²) in [5.41, 5.74) is 1.04. The first-order valence-corrected chi connectivity index (χ1v) is 10.4. The van der Waals surface area contributed by atoms with Crippen molar-refractivity contribution >= 4 is 27.5 Å². The van der Waals surface area contributed by atoms with Gasteiger partial charge in [0, 0.05) is 31.3 Å². The van der Waals surface area contributed by atoms with Crippen molar-refractivity contribution in [3.05, 3.63) is 35.9 Å². The minimum absolute atomic E-state index is 0.0811. The van der Waals surface area contributed by atoms with Gasteiger partial charge in [0.2, 0.25) is 0 Å². The van der Waals surface area contributed by atoms with Crippen molar-refractivity contribution in [1.82, 2.24) is 4.90 Å². The minimum Gasteiger partial charge on any atom is -0.362 e. The fraction of sp³-hybridized carbons (Fsp3) is 0.474. The molecule has 0 bridgehead atoms. The van der Waals surface area contributed by atoms with Gasteiger partial charge in [-0.3, -0.25) is 4.79 Å². The fourth-order valence-electron chi connectivity index (χ4n) is 2.80. The van der Waals surface area contributed by atoms with Crippen LogP contribution in [0.2, 0.25) is 0 Å². The lowest BCUT2D eigenvalue weighted by Gasteiger charge is -2.17. The van der Waals surface area contributed by atoms with Crippen LogP contribution in [-0.4, -0.2) is 38.7 Å². The molecular weight excluding hydrogens is 350 g/mol. The monoisotopic (exact) mass is 377 g/mol. The number of amidine groups is 1. The van der Waals surface area contributed by atoms with Gasteiger partial charge in [0.25, 0.3) is 15.9 Å². The normalized spacial score (nSPS) is 17.9. The predicted molar refractivity (Wildman–Crippen MR) is 105 cm³/mol. The first-order valence-electron chi connectivity index (χ1n) is 8.96. The third-order valence-corrected chi connectivity index (χ3v) is 5.62. The number of nitrogens with zero attached hydrogens (tertiary/aromatic N) is 2. The molecule has 1 aromatic rings. The number of hydrogen-bond donors (Lipinski definition) is 1. The smallest absolute Gasteiger partial charge is 0.284 e. The van der Waals surface area contributed by atoms with Crippen LogP contribution in [0.3, 0.4) is 0 Å². The number of rotatable bonds is 5. The Balaban J connectivity index is 2.25. The van der Waals surface area contributed by atoms with Crippen LogP contribution in [0.25, 0.3) is 0 Å². The minimum atomic E-state index is -3.82. The predicted octanol–water partition coefficient (Wildman–Crippen LogP) is 3.57. The number of carbonyl (C=O) groups is 1. The SMILES string of the molecule is CC/C=C(/C)C(=O)Nc1cccc(S(=O)(=O)/N=C2/CCCCCN2C)c1. The number of sulfonamides is 1. The molecule has 1 aliphatic heterocycles. The molecule has 0 atom stereocenters. The van der Waals surface area contributed by atoms with E-state index < -0.39 is 10.0 Å². The number of hydrogen-bond acceptors (Lipinski definition) is 3. The van der Waals surface area contributed by atoms with Gasteiger partial charge in [0.15, 0.2) is 0 Å². The molecule has 0 saturated carbocycles. The maximum atomic E-state index is 12.7. The first kappa shape index (κ1) is 20.2. The highest BCUT2D eigenvalue weighted by molar-refractivity contribution is 7.90. The quantitative estimate of drug-likeness (QED) is 0.796. The van der Waals surface area contributed by atoms with Crippen LogP contribution in [0.1, 0.15) is 46.0 Å². The molecule has 1 saturated heterocycles. The second-order valence-electron chi connectivity index (χ2n) is 6.49. The second-order valence-corrected chi connectivity index (χ2v) is 8.10. The topological polar surface area (TPSA) is 78.8 Å². The zero-order valence-corrected chi connectivity index (χ0v) is 16.5. The van der Waals surface area contributed by atoms with Gasteiger partial charge in [-0.1, -0.05) is 25.5 Å². The van der Waals surface area contributed by atoms with Crippen molar-refractivity contribution in [3.8, 4) is 0 Å². The zero-order valence-electron chi connectivity index (χ0n) is 15.7. The van der Waals surface area contributed by atoms with Gasteiger partial charge in [-0.15, -0.1) is 4.40 Å². The number of nitrogens with one attached hydrogen (secondary N) is 1. The Labute approximate surface area is 156 Å². The zero-order chi connectivity index (χ0) is 19.2. The molecule has 1 N–H and O–H groups in total. The summed E-state index contributed by atoms with van der Waals surface area (Å²) in [7, 11) is -1.94. The van der Waals surface area contributed by atoms with Crippen molar-refractivity contribution in [2.45, 2.75) is 50.8 Å². The van der Waals surface area contributed by atoms with Gasteiger partial charge in [-0.25, -0.2) is 0 Å². The van der Waals surface area contributed by atoms with E-state index in [1.807, 2.05) is 24.9 Å². The summed E-state index contributed by atoms with van der Waals surface area (Å²) in [6.45, 7) is 4.49. The van der Waals surface area contributed by atoms with Gasteiger partial charge in [0.05, 0.1) is 4.90 Å². The molecule has 142 valence electrons. The van der Waals surface area contributed by atoms with E-state index in [4.69, 9.17) is 0 Å². The van der Waals surface area contributed by atoms with Crippen molar-refractivity contribution < 1.29 is 13.2 Å². The standard InChI is InChI=1S/C19H27N3O3S/c1-4-9-15(2)19(23)20-16-10-8-11-17(14-16)26(24,25)21-18-12-6-5-7-13-22(18)3/h8-11,14H,4-7,12-13H2,1-3H3,(H,20,23)/b15-9-,21-18-. The molecule has 6 nitrogen and oxygen atoms in total. The molecule has 2 rings (SSSR count). The molecule has 0 spiro atoms. The van der Waals surface area contributed by atoms with Crippen LogP contribution < -0.4 is 5.32 Å². The van der Waals surface area contributed by atoms with Gasteiger partial charge >= 0.3 is 0 Å². The molecule has 7 heteroatoms. The number of allylic oxidation sites excluding steroid dienone is 1. The lowest BCUT2D eigenvalue weighted by Crippen LogP contribution is -2.26. The van der Waals surface area contributed by atoms with E-state index in [0.29, 0.717) is 23.5 Å². The van der Waals surface area contributed by atoms with Crippen molar-refractivity contribution in [2.24, 2.45) is 4.40 Å². The summed E-state index contributed by atoms with van der Waals surface area (Å²) in [5, 5.41) is 2.73. The van der Waals surface area contributed by atoms with Crippen LogP contribution in [-0.2, 0) is 14.8 Å². The number of carbonyl (C=O) groups excluding carboxylic acids is 1. The maximum Gasteiger partial charge on any atom is 0.284 e. The van der Waals surface area contributed by atoms with E-state index in [0.717, 1.165) is 32.2 Å². The summed E-state index contributed by atoms with van der Waals surface area (Å²) in [6.07, 6.45) is 6.31. The van der Waals surface area contributed by atoms with Crippen molar-refractivity contribution in [2.75, 3.05) is 18.9 Å². The van der Waals surface area contributed by atoms with Crippen LogP contribution in [0.5, 0.6) is 0 Å². The lowest BCUT2D eigenvalue weighted by atomic mass is 10.2. The molecule has 0 aliphatic carbocycles.